The van der Waals surface area contributed by atoms with E-state index in [0.717, 1.165) is 15.2 Å². The Morgan fingerprint density at radius 2 is 2.30 bits per heavy atom. The monoisotopic (exact) mass is 299 g/mol. The molecule has 0 atom stereocenters. The Balaban J connectivity index is 2.16. The van der Waals surface area contributed by atoms with Gasteiger partial charge in [-0.15, -0.1) is 0 Å². The van der Waals surface area contributed by atoms with Crippen molar-refractivity contribution in [2.24, 2.45) is 0 Å². The van der Waals surface area contributed by atoms with Crippen LogP contribution in [0.3, 0.4) is 0 Å². The Bertz CT molecular complexity index is 689. The van der Waals surface area contributed by atoms with Gasteiger partial charge < -0.3 is 9.52 Å². The van der Waals surface area contributed by atoms with Crippen LogP contribution >= 0.6 is 0 Å². The van der Waals surface area contributed by atoms with Gasteiger partial charge in [-0.2, -0.15) is 9.40 Å². The van der Waals surface area contributed by atoms with Gasteiger partial charge in [-0.3, -0.25) is 9.48 Å². The Labute approximate surface area is 115 Å². The highest BCUT2D eigenvalue weighted by molar-refractivity contribution is 7.89. The molecule has 20 heavy (non-hydrogen) atoms. The summed E-state index contributed by atoms with van der Waals surface area (Å²) >= 11 is 0. The number of rotatable bonds is 6. The van der Waals surface area contributed by atoms with E-state index < -0.39 is 16.0 Å². The second kappa shape index (κ2) is 5.47. The Hall–Kier alpha value is -2.13. The van der Waals surface area contributed by atoms with Crippen LogP contribution < -0.4 is 0 Å². The van der Waals surface area contributed by atoms with Crippen molar-refractivity contribution in [3.8, 4) is 0 Å². The number of aliphatic carboxylic acids is 1. The highest BCUT2D eigenvalue weighted by atomic mass is 32.2. The number of nitrogens with zero attached hydrogens (tertiary/aromatic N) is 3. The second-order valence-corrected chi connectivity index (χ2v) is 6.20. The lowest BCUT2D eigenvalue weighted by Gasteiger charge is -2.14. The largest absolute Gasteiger partial charge is 0.480 e. The molecule has 2 rings (SSSR count). The van der Waals surface area contributed by atoms with E-state index in [0.29, 0.717) is 5.56 Å². The number of hydrogen-bond donors (Lipinski definition) is 1. The molecule has 0 spiro atoms. The van der Waals surface area contributed by atoms with Crippen LogP contribution in [0.4, 0.5) is 0 Å². The van der Waals surface area contributed by atoms with Gasteiger partial charge in [0.05, 0.1) is 18.7 Å². The molecule has 0 amide bonds. The molecule has 0 aliphatic carbocycles. The molecule has 108 valence electrons. The third-order valence-electron chi connectivity index (χ3n) is 2.60. The predicted octanol–water partition coefficient (Wildman–Crippen LogP) is 0.381. The normalized spacial score (nSPS) is 11.9. The van der Waals surface area contributed by atoms with E-state index in [1.165, 1.54) is 25.8 Å². The van der Waals surface area contributed by atoms with E-state index in [1.54, 1.807) is 6.07 Å². The average Bonchev–Trinajstić information content (AvgIpc) is 2.99. The number of sulfonamides is 1. The molecule has 0 aliphatic rings. The van der Waals surface area contributed by atoms with Crippen LogP contribution in [-0.4, -0.2) is 40.6 Å². The number of aromatic nitrogens is 2. The molecule has 0 aliphatic heterocycles. The van der Waals surface area contributed by atoms with Gasteiger partial charge >= 0.3 is 5.97 Å². The molecular weight excluding hydrogens is 286 g/mol. The number of carbonyl (C=O) groups is 1. The van der Waals surface area contributed by atoms with Crippen molar-refractivity contribution in [3.05, 3.63) is 36.5 Å². The summed E-state index contributed by atoms with van der Waals surface area (Å²) in [6, 6.07) is 1.67. The van der Waals surface area contributed by atoms with Gasteiger partial charge in [0.25, 0.3) is 0 Å². The van der Waals surface area contributed by atoms with Crippen LogP contribution in [-0.2, 0) is 27.9 Å². The minimum Gasteiger partial charge on any atom is -0.480 e. The smallest absolute Gasteiger partial charge is 0.325 e. The van der Waals surface area contributed by atoms with Crippen molar-refractivity contribution in [2.75, 3.05) is 7.05 Å². The first-order valence-electron chi connectivity index (χ1n) is 5.61. The first-order chi connectivity index (χ1) is 9.39. The molecular formula is C11H13N3O5S. The summed E-state index contributed by atoms with van der Waals surface area (Å²) in [4.78, 5) is 10.5. The van der Waals surface area contributed by atoms with Crippen molar-refractivity contribution in [1.29, 1.82) is 0 Å². The van der Waals surface area contributed by atoms with Crippen molar-refractivity contribution in [1.82, 2.24) is 14.1 Å². The van der Waals surface area contributed by atoms with Crippen LogP contribution in [0.15, 0.2) is 40.3 Å². The summed E-state index contributed by atoms with van der Waals surface area (Å²) in [5, 5.41) is 12.3. The standard InChI is InChI=1S/C11H13N3O5S/c1-13(5-9-2-3-19-8-9)20(17,18)10-4-12-14(6-10)7-11(15)16/h2-4,6,8H,5,7H2,1H3,(H,15,16). The summed E-state index contributed by atoms with van der Waals surface area (Å²) < 4.78 is 31.6. The lowest BCUT2D eigenvalue weighted by Crippen LogP contribution is -2.26. The first-order valence-corrected chi connectivity index (χ1v) is 7.05. The minimum absolute atomic E-state index is 0.0512. The van der Waals surface area contributed by atoms with Crippen molar-refractivity contribution >= 4 is 16.0 Å². The summed E-state index contributed by atoms with van der Waals surface area (Å²) in [7, 11) is -2.29. The van der Waals surface area contributed by atoms with Crippen LogP contribution in [0.25, 0.3) is 0 Å². The van der Waals surface area contributed by atoms with Crippen molar-refractivity contribution in [2.45, 2.75) is 18.0 Å². The summed E-state index contributed by atoms with van der Waals surface area (Å²) in [6.45, 7) is -0.232. The van der Waals surface area contributed by atoms with E-state index >= 15 is 0 Å². The number of carboxylic acid groups (broad SMARTS) is 1. The molecule has 8 nitrogen and oxygen atoms in total. The number of hydrogen-bond acceptors (Lipinski definition) is 5. The third-order valence-corrected chi connectivity index (χ3v) is 4.36. The van der Waals surface area contributed by atoms with E-state index in [1.807, 2.05) is 0 Å². The lowest BCUT2D eigenvalue weighted by molar-refractivity contribution is -0.137. The summed E-state index contributed by atoms with van der Waals surface area (Å²) in [6.07, 6.45) is 5.24. The van der Waals surface area contributed by atoms with E-state index in [4.69, 9.17) is 9.52 Å². The molecule has 0 saturated heterocycles. The van der Waals surface area contributed by atoms with Gasteiger partial charge in [0.15, 0.2) is 0 Å². The Morgan fingerprint density at radius 1 is 1.55 bits per heavy atom. The lowest BCUT2D eigenvalue weighted by atomic mass is 10.3. The highest BCUT2D eigenvalue weighted by Gasteiger charge is 2.23. The van der Waals surface area contributed by atoms with Gasteiger partial charge in [-0.25, -0.2) is 8.42 Å². The first kappa shape index (κ1) is 14.3. The topological polar surface area (TPSA) is 106 Å². The zero-order valence-corrected chi connectivity index (χ0v) is 11.4. The fourth-order valence-corrected chi connectivity index (χ4v) is 2.72. The van der Waals surface area contributed by atoms with E-state index in [9.17, 15) is 13.2 Å². The molecule has 0 fully saturated rings. The van der Waals surface area contributed by atoms with Crippen LogP contribution in [0.5, 0.6) is 0 Å². The van der Waals surface area contributed by atoms with Crippen molar-refractivity contribution in [3.63, 3.8) is 0 Å². The second-order valence-electron chi connectivity index (χ2n) is 4.16. The van der Waals surface area contributed by atoms with Gasteiger partial charge in [-0.1, -0.05) is 0 Å². The molecule has 0 radical (unpaired) electrons. The molecule has 0 unspecified atom stereocenters. The van der Waals surface area contributed by atoms with Crippen molar-refractivity contribution < 1.29 is 22.7 Å². The molecule has 9 heteroatoms. The maximum Gasteiger partial charge on any atom is 0.325 e. The van der Waals surface area contributed by atoms with Gasteiger partial charge in [0.2, 0.25) is 10.0 Å². The van der Waals surface area contributed by atoms with Gasteiger partial charge in [0.1, 0.15) is 11.4 Å². The van der Waals surface area contributed by atoms with Crippen LogP contribution in [0.2, 0.25) is 0 Å². The Kier molecular flexibility index (Phi) is 3.91. The molecule has 0 bridgehead atoms. The fraction of sp³-hybridized carbons (Fsp3) is 0.273. The van der Waals surface area contributed by atoms with Gasteiger partial charge in [0, 0.05) is 25.4 Å². The number of carboxylic acids is 1. The fourth-order valence-electron chi connectivity index (χ4n) is 1.61. The summed E-state index contributed by atoms with van der Waals surface area (Å²) in [5.74, 6) is -1.09. The maximum atomic E-state index is 12.3. The third kappa shape index (κ3) is 3.06. The molecule has 2 heterocycles. The number of furan rings is 1. The zero-order chi connectivity index (χ0) is 14.8. The Morgan fingerprint density at radius 3 is 2.90 bits per heavy atom. The van der Waals surface area contributed by atoms with Gasteiger partial charge in [-0.05, 0) is 6.07 Å². The maximum absolute atomic E-state index is 12.3. The SMILES string of the molecule is CN(Cc1ccoc1)S(=O)(=O)c1cnn(CC(=O)O)c1. The molecule has 0 saturated carbocycles. The minimum atomic E-state index is -3.71. The molecule has 2 aromatic heterocycles. The highest BCUT2D eigenvalue weighted by Crippen LogP contribution is 2.16. The predicted molar refractivity (Wildman–Crippen MR) is 67.2 cm³/mol. The quantitative estimate of drug-likeness (QED) is 0.826. The van der Waals surface area contributed by atoms with E-state index in [2.05, 4.69) is 5.10 Å². The molecule has 0 aromatic carbocycles. The molecule has 2 aromatic rings. The van der Waals surface area contributed by atoms with E-state index in [-0.39, 0.29) is 18.0 Å². The zero-order valence-electron chi connectivity index (χ0n) is 10.6. The molecule has 1 N–H and O–H groups in total. The summed E-state index contributed by atoms with van der Waals surface area (Å²) in [5.41, 5.74) is 0.717. The van der Waals surface area contributed by atoms with Crippen LogP contribution in [0, 0.1) is 0 Å². The van der Waals surface area contributed by atoms with Crippen LogP contribution in [0.1, 0.15) is 5.56 Å². The average molecular weight is 299 g/mol.